The summed E-state index contributed by atoms with van der Waals surface area (Å²) in [6.45, 7) is 8.18. The average Bonchev–Trinajstić information content (AvgIpc) is 2.87. The number of para-hydroxylation sites is 1. The molecule has 0 bridgehead atoms. The zero-order valence-corrected chi connectivity index (χ0v) is 14.8. The van der Waals surface area contributed by atoms with Crippen LogP contribution in [-0.4, -0.2) is 28.0 Å². The van der Waals surface area contributed by atoms with Crippen molar-refractivity contribution in [2.75, 3.05) is 0 Å². The van der Waals surface area contributed by atoms with Crippen LogP contribution in [0.1, 0.15) is 44.7 Å². The van der Waals surface area contributed by atoms with Crippen molar-refractivity contribution >= 4 is 22.8 Å². The Morgan fingerprint density at radius 1 is 1.29 bits per heavy atom. The van der Waals surface area contributed by atoms with Gasteiger partial charge >= 0.3 is 5.97 Å². The predicted molar refractivity (Wildman–Crippen MR) is 95.0 cm³/mol. The van der Waals surface area contributed by atoms with E-state index < -0.39 is 12.0 Å². The SMILES string of the molecule is Cc1cccc2c(CC(=O)NC(CCC(C)(C)C)C(=O)O)c[nH]c12. The molecule has 2 aromatic rings. The zero-order chi connectivity index (χ0) is 17.9. The number of rotatable bonds is 6. The van der Waals surface area contributed by atoms with Gasteiger partial charge in [-0.1, -0.05) is 39.0 Å². The molecule has 0 spiro atoms. The number of amides is 1. The van der Waals surface area contributed by atoms with Crippen LogP contribution >= 0.6 is 0 Å². The molecule has 24 heavy (non-hydrogen) atoms. The molecule has 1 amide bonds. The number of hydrogen-bond acceptors (Lipinski definition) is 2. The second-order valence-corrected chi connectivity index (χ2v) is 7.55. The highest BCUT2D eigenvalue weighted by molar-refractivity contribution is 5.91. The third-order valence-corrected chi connectivity index (χ3v) is 4.18. The molecule has 0 aliphatic carbocycles. The summed E-state index contributed by atoms with van der Waals surface area (Å²) in [5.74, 6) is -1.25. The molecule has 1 aromatic carbocycles. The Labute approximate surface area is 142 Å². The van der Waals surface area contributed by atoms with Crippen molar-refractivity contribution in [2.45, 2.75) is 53.0 Å². The van der Waals surface area contributed by atoms with Gasteiger partial charge in [-0.15, -0.1) is 0 Å². The zero-order valence-electron chi connectivity index (χ0n) is 14.8. The number of carbonyl (C=O) groups is 2. The van der Waals surface area contributed by atoms with Crippen LogP contribution in [-0.2, 0) is 16.0 Å². The van der Waals surface area contributed by atoms with Gasteiger partial charge in [-0.25, -0.2) is 4.79 Å². The molecular formula is C19H26N2O3. The van der Waals surface area contributed by atoms with Gasteiger partial charge in [0.25, 0.3) is 0 Å². The standard InChI is InChI=1S/C19H26N2O3/c1-12-6-5-7-14-13(11-20-17(12)14)10-16(22)21-15(18(23)24)8-9-19(2,3)4/h5-7,11,15,20H,8-10H2,1-4H3,(H,21,22)(H,23,24). The number of fused-ring (bicyclic) bond motifs is 1. The minimum Gasteiger partial charge on any atom is -0.480 e. The van der Waals surface area contributed by atoms with Crippen molar-refractivity contribution in [1.29, 1.82) is 0 Å². The lowest BCUT2D eigenvalue weighted by Crippen LogP contribution is -2.42. The number of nitrogens with one attached hydrogen (secondary N) is 2. The van der Waals surface area contributed by atoms with E-state index in [1.54, 1.807) is 0 Å². The Hall–Kier alpha value is -2.30. The number of carboxylic acid groups (broad SMARTS) is 1. The monoisotopic (exact) mass is 330 g/mol. The van der Waals surface area contributed by atoms with Crippen LogP contribution in [0.15, 0.2) is 24.4 Å². The molecule has 0 saturated carbocycles. The second-order valence-electron chi connectivity index (χ2n) is 7.55. The highest BCUT2D eigenvalue weighted by atomic mass is 16.4. The second kappa shape index (κ2) is 7.07. The molecule has 1 aromatic heterocycles. The molecule has 0 fully saturated rings. The molecule has 2 rings (SSSR count). The summed E-state index contributed by atoms with van der Waals surface area (Å²) in [6.07, 6.45) is 3.15. The van der Waals surface area contributed by atoms with Crippen LogP contribution in [0, 0.1) is 12.3 Å². The summed E-state index contributed by atoms with van der Waals surface area (Å²) in [5.41, 5.74) is 3.05. The van der Waals surface area contributed by atoms with E-state index in [0.29, 0.717) is 6.42 Å². The third-order valence-electron chi connectivity index (χ3n) is 4.18. The molecule has 1 unspecified atom stereocenters. The maximum absolute atomic E-state index is 12.3. The van der Waals surface area contributed by atoms with Gasteiger partial charge in [0.15, 0.2) is 0 Å². The van der Waals surface area contributed by atoms with E-state index in [9.17, 15) is 14.7 Å². The maximum Gasteiger partial charge on any atom is 0.326 e. The molecule has 1 heterocycles. The fourth-order valence-electron chi connectivity index (χ4n) is 2.76. The van der Waals surface area contributed by atoms with E-state index >= 15 is 0 Å². The van der Waals surface area contributed by atoms with Crippen LogP contribution in [0.3, 0.4) is 0 Å². The van der Waals surface area contributed by atoms with Crippen LogP contribution in [0.25, 0.3) is 10.9 Å². The van der Waals surface area contributed by atoms with Crippen molar-refractivity contribution in [3.8, 4) is 0 Å². The minimum atomic E-state index is -0.984. The van der Waals surface area contributed by atoms with Crippen molar-refractivity contribution in [1.82, 2.24) is 10.3 Å². The maximum atomic E-state index is 12.3. The number of aromatic amines is 1. The van der Waals surface area contributed by atoms with Gasteiger partial charge in [-0.3, -0.25) is 4.79 Å². The molecule has 0 aliphatic heterocycles. The van der Waals surface area contributed by atoms with E-state index in [1.807, 2.05) is 31.3 Å². The number of aryl methyl sites for hydroxylation is 1. The fourth-order valence-corrected chi connectivity index (χ4v) is 2.76. The predicted octanol–water partition coefficient (Wildman–Crippen LogP) is 3.41. The largest absolute Gasteiger partial charge is 0.480 e. The third kappa shape index (κ3) is 4.60. The lowest BCUT2D eigenvalue weighted by atomic mass is 9.88. The van der Waals surface area contributed by atoms with Gasteiger partial charge in [0, 0.05) is 17.1 Å². The molecule has 0 aliphatic rings. The van der Waals surface area contributed by atoms with Gasteiger partial charge in [-0.2, -0.15) is 0 Å². The molecule has 3 N–H and O–H groups in total. The van der Waals surface area contributed by atoms with E-state index in [4.69, 9.17) is 0 Å². The summed E-state index contributed by atoms with van der Waals surface area (Å²) in [6, 6.07) is 5.09. The van der Waals surface area contributed by atoms with Gasteiger partial charge in [0.05, 0.1) is 6.42 Å². The first-order valence-corrected chi connectivity index (χ1v) is 8.25. The molecule has 0 saturated heterocycles. The number of carboxylic acids is 1. The van der Waals surface area contributed by atoms with Gasteiger partial charge < -0.3 is 15.4 Å². The van der Waals surface area contributed by atoms with Gasteiger partial charge in [-0.05, 0) is 36.3 Å². The number of aliphatic carboxylic acids is 1. The topological polar surface area (TPSA) is 82.2 Å². The van der Waals surface area contributed by atoms with Crippen LogP contribution < -0.4 is 5.32 Å². The first kappa shape index (κ1) is 18.0. The highest BCUT2D eigenvalue weighted by Crippen LogP contribution is 2.23. The Kier molecular flexibility index (Phi) is 5.32. The van der Waals surface area contributed by atoms with Gasteiger partial charge in [0.2, 0.25) is 5.91 Å². The first-order chi connectivity index (χ1) is 11.2. The molecule has 1 atom stereocenters. The number of aromatic nitrogens is 1. The lowest BCUT2D eigenvalue weighted by Gasteiger charge is -2.21. The average molecular weight is 330 g/mol. The number of benzene rings is 1. The smallest absolute Gasteiger partial charge is 0.326 e. The minimum absolute atomic E-state index is 0.0345. The van der Waals surface area contributed by atoms with E-state index in [2.05, 4.69) is 31.1 Å². The van der Waals surface area contributed by atoms with E-state index in [-0.39, 0.29) is 17.7 Å². The Balaban J connectivity index is 2.05. The van der Waals surface area contributed by atoms with E-state index in [1.165, 1.54) is 0 Å². The van der Waals surface area contributed by atoms with Crippen molar-refractivity contribution < 1.29 is 14.7 Å². The molecule has 5 nitrogen and oxygen atoms in total. The highest BCUT2D eigenvalue weighted by Gasteiger charge is 2.23. The molecule has 130 valence electrons. The van der Waals surface area contributed by atoms with Crippen molar-refractivity contribution in [2.24, 2.45) is 5.41 Å². The van der Waals surface area contributed by atoms with Crippen LogP contribution in [0.4, 0.5) is 0 Å². The summed E-state index contributed by atoms with van der Waals surface area (Å²) >= 11 is 0. The molecule has 0 radical (unpaired) electrons. The Bertz CT molecular complexity index is 741. The first-order valence-electron chi connectivity index (χ1n) is 8.25. The molecular weight excluding hydrogens is 304 g/mol. The number of carbonyl (C=O) groups excluding carboxylic acids is 1. The molecule has 5 heteroatoms. The quantitative estimate of drug-likeness (QED) is 0.759. The summed E-state index contributed by atoms with van der Waals surface area (Å²) in [7, 11) is 0. The Morgan fingerprint density at radius 3 is 2.62 bits per heavy atom. The van der Waals surface area contributed by atoms with Crippen molar-refractivity contribution in [3.05, 3.63) is 35.5 Å². The normalized spacial score (nSPS) is 13.0. The van der Waals surface area contributed by atoms with Gasteiger partial charge in [0.1, 0.15) is 6.04 Å². The lowest BCUT2D eigenvalue weighted by molar-refractivity contribution is -0.142. The summed E-state index contributed by atoms with van der Waals surface area (Å²) in [5, 5.41) is 13.0. The number of H-pyrrole nitrogens is 1. The van der Waals surface area contributed by atoms with Crippen molar-refractivity contribution in [3.63, 3.8) is 0 Å². The Morgan fingerprint density at radius 2 is 2.00 bits per heavy atom. The van der Waals surface area contributed by atoms with Crippen LogP contribution in [0.2, 0.25) is 0 Å². The van der Waals surface area contributed by atoms with E-state index in [0.717, 1.165) is 28.5 Å². The number of hydrogen-bond donors (Lipinski definition) is 3. The van der Waals surface area contributed by atoms with Crippen LogP contribution in [0.5, 0.6) is 0 Å². The summed E-state index contributed by atoms with van der Waals surface area (Å²) < 4.78 is 0. The fraction of sp³-hybridized carbons (Fsp3) is 0.474. The summed E-state index contributed by atoms with van der Waals surface area (Å²) in [4.78, 5) is 26.9.